The van der Waals surface area contributed by atoms with Crippen molar-refractivity contribution in [1.29, 1.82) is 0 Å². The van der Waals surface area contributed by atoms with Crippen molar-refractivity contribution in [3.05, 3.63) is 23.8 Å². The molecule has 0 spiro atoms. The number of benzene rings is 1. The van der Waals surface area contributed by atoms with Crippen LogP contribution in [0.4, 0.5) is 0 Å². The first kappa shape index (κ1) is 12.6. The van der Waals surface area contributed by atoms with Crippen molar-refractivity contribution in [2.24, 2.45) is 0 Å². The van der Waals surface area contributed by atoms with Crippen molar-refractivity contribution in [2.45, 2.75) is 24.2 Å². The van der Waals surface area contributed by atoms with E-state index in [2.05, 4.69) is 6.92 Å². The van der Waals surface area contributed by atoms with Gasteiger partial charge < -0.3 is 14.6 Å². The summed E-state index contributed by atoms with van der Waals surface area (Å²) in [7, 11) is 3.24. The van der Waals surface area contributed by atoms with E-state index in [0.717, 1.165) is 29.2 Å². The van der Waals surface area contributed by atoms with Crippen molar-refractivity contribution in [2.75, 3.05) is 20.0 Å². The molecular weight excluding hydrogens is 236 g/mol. The Kier molecular flexibility index (Phi) is 3.54. The molecule has 0 saturated carbocycles. The van der Waals surface area contributed by atoms with Crippen LogP contribution in [-0.4, -0.2) is 30.3 Å². The van der Waals surface area contributed by atoms with Gasteiger partial charge in [-0.25, -0.2) is 0 Å². The molecular formula is C13H18O3S. The first-order valence-corrected chi connectivity index (χ1v) is 6.72. The fourth-order valence-electron chi connectivity index (χ4n) is 2.17. The van der Waals surface area contributed by atoms with E-state index >= 15 is 0 Å². The second-order valence-corrected chi connectivity index (χ2v) is 5.74. The molecule has 4 heteroatoms. The Morgan fingerprint density at radius 3 is 2.24 bits per heavy atom. The van der Waals surface area contributed by atoms with Crippen molar-refractivity contribution in [3.8, 4) is 11.5 Å². The lowest BCUT2D eigenvalue weighted by molar-refractivity contribution is 0.0423. The van der Waals surface area contributed by atoms with Crippen LogP contribution in [0, 0.1) is 0 Å². The van der Waals surface area contributed by atoms with Gasteiger partial charge in [0.25, 0.3) is 0 Å². The van der Waals surface area contributed by atoms with Gasteiger partial charge in [-0.15, -0.1) is 0 Å². The van der Waals surface area contributed by atoms with Gasteiger partial charge in [-0.1, -0.05) is 6.92 Å². The maximum Gasteiger partial charge on any atom is 0.122 e. The van der Waals surface area contributed by atoms with E-state index in [-0.39, 0.29) is 5.25 Å². The average molecular weight is 254 g/mol. The van der Waals surface area contributed by atoms with E-state index in [1.54, 1.807) is 26.0 Å². The van der Waals surface area contributed by atoms with Gasteiger partial charge in [0, 0.05) is 11.3 Å². The Labute approximate surface area is 106 Å². The predicted octanol–water partition coefficient (Wildman–Crippen LogP) is 2.42. The van der Waals surface area contributed by atoms with E-state index < -0.39 is 5.60 Å². The Bertz CT molecular complexity index is 385. The predicted molar refractivity (Wildman–Crippen MR) is 70.0 cm³/mol. The number of ether oxygens (including phenoxy) is 2. The first-order valence-electron chi connectivity index (χ1n) is 5.67. The van der Waals surface area contributed by atoms with Crippen molar-refractivity contribution in [1.82, 2.24) is 0 Å². The number of hydrogen-bond donors (Lipinski definition) is 1. The summed E-state index contributed by atoms with van der Waals surface area (Å²) in [6.45, 7) is 2.06. The summed E-state index contributed by atoms with van der Waals surface area (Å²) in [4.78, 5) is 0. The van der Waals surface area contributed by atoms with E-state index in [0.29, 0.717) is 0 Å². The molecule has 2 unspecified atom stereocenters. The Morgan fingerprint density at radius 2 is 1.82 bits per heavy atom. The fourth-order valence-corrected chi connectivity index (χ4v) is 3.48. The Morgan fingerprint density at radius 1 is 1.24 bits per heavy atom. The third kappa shape index (κ3) is 2.24. The van der Waals surface area contributed by atoms with Gasteiger partial charge in [0.2, 0.25) is 0 Å². The van der Waals surface area contributed by atoms with Gasteiger partial charge in [-0.2, -0.15) is 11.8 Å². The highest BCUT2D eigenvalue weighted by Crippen LogP contribution is 2.44. The lowest BCUT2D eigenvalue weighted by atomic mass is 9.88. The lowest BCUT2D eigenvalue weighted by Gasteiger charge is -2.28. The quantitative estimate of drug-likeness (QED) is 0.899. The minimum atomic E-state index is -0.771. The minimum Gasteiger partial charge on any atom is -0.497 e. The molecule has 1 aromatic carbocycles. The molecule has 0 aromatic heterocycles. The average Bonchev–Trinajstić information content (AvgIpc) is 2.70. The van der Waals surface area contributed by atoms with Gasteiger partial charge in [0.15, 0.2) is 0 Å². The van der Waals surface area contributed by atoms with Crippen LogP contribution in [0.15, 0.2) is 18.2 Å². The molecule has 1 saturated heterocycles. The van der Waals surface area contributed by atoms with Gasteiger partial charge in [0.1, 0.15) is 17.1 Å². The second kappa shape index (κ2) is 4.78. The molecule has 1 aliphatic rings. The van der Waals surface area contributed by atoms with Crippen molar-refractivity contribution < 1.29 is 14.6 Å². The highest BCUT2D eigenvalue weighted by molar-refractivity contribution is 8.00. The van der Waals surface area contributed by atoms with Crippen molar-refractivity contribution >= 4 is 11.8 Å². The number of hydrogen-bond acceptors (Lipinski definition) is 4. The van der Waals surface area contributed by atoms with Gasteiger partial charge in [-0.05, 0) is 29.9 Å². The number of aliphatic hydroxyl groups is 1. The van der Waals surface area contributed by atoms with E-state index in [4.69, 9.17) is 9.47 Å². The minimum absolute atomic E-state index is 0.194. The second-order valence-electron chi connectivity index (χ2n) is 4.29. The molecule has 1 aromatic rings. The molecule has 1 fully saturated rings. The summed E-state index contributed by atoms with van der Waals surface area (Å²) in [5.74, 6) is 2.42. The molecule has 2 rings (SSSR count). The van der Waals surface area contributed by atoms with Crippen LogP contribution < -0.4 is 9.47 Å². The van der Waals surface area contributed by atoms with Gasteiger partial charge in [0.05, 0.1) is 14.2 Å². The van der Waals surface area contributed by atoms with E-state index in [1.165, 1.54) is 0 Å². The van der Waals surface area contributed by atoms with Crippen LogP contribution in [0.25, 0.3) is 0 Å². The number of methoxy groups -OCH3 is 2. The Hall–Kier alpha value is -0.870. The molecule has 0 amide bonds. The summed E-state index contributed by atoms with van der Waals surface area (Å²) in [6, 6.07) is 5.61. The third-order valence-corrected chi connectivity index (χ3v) is 4.70. The highest BCUT2D eigenvalue weighted by Gasteiger charge is 2.41. The monoisotopic (exact) mass is 254 g/mol. The maximum atomic E-state index is 10.7. The summed E-state index contributed by atoms with van der Waals surface area (Å²) >= 11 is 1.79. The van der Waals surface area contributed by atoms with Crippen LogP contribution in [0.2, 0.25) is 0 Å². The van der Waals surface area contributed by atoms with Crippen LogP contribution >= 0.6 is 11.8 Å². The van der Waals surface area contributed by atoms with Crippen LogP contribution in [-0.2, 0) is 5.60 Å². The standard InChI is InChI=1S/C13H18O3S/c1-9-13(14,4-5-17-9)10-6-11(15-2)8-12(7-10)16-3/h6-9,14H,4-5H2,1-3H3. The zero-order valence-corrected chi connectivity index (χ0v) is 11.2. The van der Waals surface area contributed by atoms with E-state index in [9.17, 15) is 5.11 Å². The fraction of sp³-hybridized carbons (Fsp3) is 0.538. The topological polar surface area (TPSA) is 38.7 Å². The third-order valence-electron chi connectivity index (χ3n) is 3.37. The Balaban J connectivity index is 2.43. The molecule has 2 atom stereocenters. The van der Waals surface area contributed by atoms with Gasteiger partial charge in [-0.3, -0.25) is 0 Å². The van der Waals surface area contributed by atoms with E-state index in [1.807, 2.05) is 18.2 Å². The molecule has 0 aliphatic carbocycles. The zero-order valence-electron chi connectivity index (χ0n) is 10.4. The summed E-state index contributed by atoms with van der Waals surface area (Å²) in [6.07, 6.45) is 0.773. The maximum absolute atomic E-state index is 10.7. The summed E-state index contributed by atoms with van der Waals surface area (Å²) in [5, 5.41) is 10.9. The normalized spacial score (nSPS) is 28.1. The van der Waals surface area contributed by atoms with Crippen LogP contribution in [0.1, 0.15) is 18.9 Å². The van der Waals surface area contributed by atoms with Crippen LogP contribution in [0.5, 0.6) is 11.5 Å². The molecule has 0 bridgehead atoms. The largest absolute Gasteiger partial charge is 0.497 e. The molecule has 1 N–H and O–H groups in total. The summed E-state index contributed by atoms with van der Waals surface area (Å²) in [5.41, 5.74) is 0.109. The van der Waals surface area contributed by atoms with Gasteiger partial charge >= 0.3 is 0 Å². The molecule has 0 radical (unpaired) electrons. The zero-order chi connectivity index (χ0) is 12.5. The number of rotatable bonds is 3. The summed E-state index contributed by atoms with van der Waals surface area (Å²) < 4.78 is 10.5. The highest BCUT2D eigenvalue weighted by atomic mass is 32.2. The first-order chi connectivity index (χ1) is 8.10. The number of thioether (sulfide) groups is 1. The molecule has 1 aliphatic heterocycles. The molecule has 1 heterocycles. The van der Waals surface area contributed by atoms with Crippen LogP contribution in [0.3, 0.4) is 0 Å². The smallest absolute Gasteiger partial charge is 0.122 e. The lowest BCUT2D eigenvalue weighted by Crippen LogP contribution is -2.31. The SMILES string of the molecule is COc1cc(OC)cc(C2(O)CCSC2C)c1. The molecule has 17 heavy (non-hydrogen) atoms. The molecule has 3 nitrogen and oxygen atoms in total. The molecule has 94 valence electrons. The van der Waals surface area contributed by atoms with Crippen molar-refractivity contribution in [3.63, 3.8) is 0 Å².